The Morgan fingerprint density at radius 2 is 1.74 bits per heavy atom. The second-order valence-corrected chi connectivity index (χ2v) is 6.26. The fraction of sp³-hybridized carbons (Fsp3) is 0.889. The van der Waals surface area contributed by atoms with Gasteiger partial charge in [-0.25, -0.2) is 0 Å². The summed E-state index contributed by atoms with van der Waals surface area (Å²) in [4.78, 5) is 0. The second kappa shape index (κ2) is 12.9. The summed E-state index contributed by atoms with van der Waals surface area (Å²) >= 11 is 0. The third-order valence-electron chi connectivity index (χ3n) is 4.22. The maximum absolute atomic E-state index is 9.92. The molecule has 1 fully saturated rings. The van der Waals surface area contributed by atoms with E-state index >= 15 is 0 Å². The second-order valence-electron chi connectivity index (χ2n) is 6.26. The van der Waals surface area contributed by atoms with Crippen LogP contribution in [0, 0.1) is 0 Å². The molecule has 1 aliphatic rings. The molecule has 0 saturated carbocycles. The predicted octanol–water partition coefficient (Wildman–Crippen LogP) is 2.18. The van der Waals surface area contributed by atoms with Gasteiger partial charge in [-0.3, -0.25) is 0 Å². The van der Waals surface area contributed by atoms with Crippen molar-refractivity contribution in [3.63, 3.8) is 0 Å². The summed E-state index contributed by atoms with van der Waals surface area (Å²) in [6.45, 7) is 2.54. The van der Waals surface area contributed by atoms with Crippen LogP contribution in [0.25, 0.3) is 0 Å². The Kier molecular flexibility index (Phi) is 11.5. The molecular formula is C18H34O5. The van der Waals surface area contributed by atoms with E-state index in [-0.39, 0.29) is 13.2 Å². The van der Waals surface area contributed by atoms with E-state index in [1.54, 1.807) is 0 Å². The summed E-state index contributed by atoms with van der Waals surface area (Å²) in [5, 5.41) is 28.8. The zero-order chi connectivity index (χ0) is 16.9. The zero-order valence-electron chi connectivity index (χ0n) is 14.4. The number of allylic oxidation sites excluding steroid dienone is 2. The van der Waals surface area contributed by atoms with Crippen LogP contribution in [-0.2, 0) is 9.47 Å². The predicted molar refractivity (Wildman–Crippen MR) is 90.3 cm³/mol. The first-order valence-corrected chi connectivity index (χ1v) is 9.05. The number of ether oxygens (including phenoxy) is 2. The third-order valence-corrected chi connectivity index (χ3v) is 4.22. The Morgan fingerprint density at radius 3 is 2.39 bits per heavy atom. The largest absolute Gasteiger partial charge is 0.394 e. The molecular weight excluding hydrogens is 296 g/mol. The molecule has 3 N–H and O–H groups in total. The molecule has 1 saturated heterocycles. The summed E-state index contributed by atoms with van der Waals surface area (Å²) in [7, 11) is 0. The quantitative estimate of drug-likeness (QED) is 0.377. The van der Waals surface area contributed by atoms with Gasteiger partial charge in [0.15, 0.2) is 0 Å². The van der Waals surface area contributed by atoms with E-state index in [2.05, 4.69) is 19.1 Å². The SMILES string of the molecule is CCCCCC/C=C/CCCCO[C@H]1[C@H](O)[C@@H](O)CO[C@@H]1CO. The van der Waals surface area contributed by atoms with Crippen molar-refractivity contribution in [1.82, 2.24) is 0 Å². The van der Waals surface area contributed by atoms with Gasteiger partial charge >= 0.3 is 0 Å². The highest BCUT2D eigenvalue weighted by atomic mass is 16.6. The minimum absolute atomic E-state index is 0.0370. The molecule has 0 aromatic carbocycles. The number of rotatable bonds is 12. The van der Waals surface area contributed by atoms with Crippen molar-refractivity contribution in [2.75, 3.05) is 19.8 Å². The van der Waals surface area contributed by atoms with Crippen molar-refractivity contribution in [1.29, 1.82) is 0 Å². The van der Waals surface area contributed by atoms with Gasteiger partial charge in [0.05, 0.1) is 13.2 Å². The highest BCUT2D eigenvalue weighted by molar-refractivity contribution is 4.87. The lowest BCUT2D eigenvalue weighted by molar-refractivity contribution is -0.211. The topological polar surface area (TPSA) is 79.2 Å². The first-order chi connectivity index (χ1) is 11.2. The lowest BCUT2D eigenvalue weighted by atomic mass is 10.0. The molecule has 0 bridgehead atoms. The van der Waals surface area contributed by atoms with Gasteiger partial charge in [-0.2, -0.15) is 0 Å². The smallest absolute Gasteiger partial charge is 0.114 e. The van der Waals surface area contributed by atoms with Gasteiger partial charge in [-0.1, -0.05) is 38.3 Å². The van der Waals surface area contributed by atoms with Crippen LogP contribution < -0.4 is 0 Å². The summed E-state index contributed by atoms with van der Waals surface area (Å²) in [5.74, 6) is 0. The van der Waals surface area contributed by atoms with E-state index in [1.807, 2.05) is 0 Å². The molecule has 5 nitrogen and oxygen atoms in total. The maximum atomic E-state index is 9.92. The Balaban J connectivity index is 2.06. The van der Waals surface area contributed by atoms with E-state index < -0.39 is 24.4 Å². The number of aliphatic hydroxyl groups is 3. The fourth-order valence-electron chi connectivity index (χ4n) is 2.73. The van der Waals surface area contributed by atoms with Gasteiger partial charge in [0.2, 0.25) is 0 Å². The molecule has 1 heterocycles. The van der Waals surface area contributed by atoms with Gasteiger partial charge in [0.1, 0.15) is 24.4 Å². The third kappa shape index (κ3) is 8.27. The Bertz CT molecular complexity index is 306. The minimum Gasteiger partial charge on any atom is -0.394 e. The molecule has 136 valence electrons. The van der Waals surface area contributed by atoms with E-state index in [0.29, 0.717) is 6.61 Å². The van der Waals surface area contributed by atoms with Crippen LogP contribution in [0.4, 0.5) is 0 Å². The summed E-state index contributed by atoms with van der Waals surface area (Å²) < 4.78 is 10.9. The summed E-state index contributed by atoms with van der Waals surface area (Å²) in [6.07, 6.45) is 10.6. The van der Waals surface area contributed by atoms with Crippen LogP contribution >= 0.6 is 0 Å². The monoisotopic (exact) mass is 330 g/mol. The lowest BCUT2D eigenvalue weighted by Crippen LogP contribution is -2.55. The molecule has 0 aromatic rings. The maximum Gasteiger partial charge on any atom is 0.114 e. The molecule has 0 unspecified atom stereocenters. The zero-order valence-corrected chi connectivity index (χ0v) is 14.4. The van der Waals surface area contributed by atoms with Gasteiger partial charge < -0.3 is 24.8 Å². The van der Waals surface area contributed by atoms with E-state index in [1.165, 1.54) is 25.7 Å². The number of aliphatic hydroxyl groups excluding tert-OH is 3. The van der Waals surface area contributed by atoms with Crippen molar-refractivity contribution in [3.8, 4) is 0 Å². The molecule has 23 heavy (non-hydrogen) atoms. The van der Waals surface area contributed by atoms with Crippen LogP contribution in [0.15, 0.2) is 12.2 Å². The molecule has 0 aromatic heterocycles. The average molecular weight is 330 g/mol. The average Bonchev–Trinajstić information content (AvgIpc) is 2.56. The molecule has 0 amide bonds. The van der Waals surface area contributed by atoms with Gasteiger partial charge in [-0.05, 0) is 32.1 Å². The van der Waals surface area contributed by atoms with Gasteiger partial charge in [0, 0.05) is 6.61 Å². The van der Waals surface area contributed by atoms with Crippen molar-refractivity contribution in [2.24, 2.45) is 0 Å². The molecule has 1 rings (SSSR count). The standard InChI is InChI=1S/C18H34O5/c1-2-3-4-5-6-7-8-9-10-11-12-22-18-16(13-19)23-14-15(20)17(18)21/h7-8,15-21H,2-6,9-14H2,1H3/b8-7+/t15-,16+,17+,18+/m0/s1. The van der Waals surface area contributed by atoms with Crippen molar-refractivity contribution >= 4 is 0 Å². The van der Waals surface area contributed by atoms with Crippen LogP contribution in [0.5, 0.6) is 0 Å². The van der Waals surface area contributed by atoms with Gasteiger partial charge in [-0.15, -0.1) is 0 Å². The van der Waals surface area contributed by atoms with E-state index in [0.717, 1.165) is 25.7 Å². The highest BCUT2D eigenvalue weighted by Gasteiger charge is 2.39. The molecule has 5 heteroatoms. The molecule has 0 radical (unpaired) electrons. The van der Waals surface area contributed by atoms with E-state index in [9.17, 15) is 15.3 Å². The van der Waals surface area contributed by atoms with Crippen LogP contribution in [0.2, 0.25) is 0 Å². The first kappa shape index (κ1) is 20.6. The number of unbranched alkanes of at least 4 members (excludes halogenated alkanes) is 6. The van der Waals surface area contributed by atoms with Crippen molar-refractivity contribution in [3.05, 3.63) is 12.2 Å². The van der Waals surface area contributed by atoms with Crippen LogP contribution in [0.3, 0.4) is 0 Å². The Morgan fingerprint density at radius 1 is 1.04 bits per heavy atom. The summed E-state index contributed by atoms with van der Waals surface area (Å²) in [5.41, 5.74) is 0. The normalized spacial score (nSPS) is 28.5. The van der Waals surface area contributed by atoms with Crippen LogP contribution in [0.1, 0.15) is 58.3 Å². The summed E-state index contributed by atoms with van der Waals surface area (Å²) in [6, 6.07) is 0. The Labute approximate surface area is 140 Å². The lowest BCUT2D eigenvalue weighted by Gasteiger charge is -2.37. The van der Waals surface area contributed by atoms with Crippen molar-refractivity contribution in [2.45, 2.75) is 82.7 Å². The fourth-order valence-corrected chi connectivity index (χ4v) is 2.73. The molecule has 0 spiro atoms. The molecule has 1 aliphatic heterocycles. The van der Waals surface area contributed by atoms with Crippen molar-refractivity contribution < 1.29 is 24.8 Å². The molecule has 4 atom stereocenters. The van der Waals surface area contributed by atoms with Crippen LogP contribution in [-0.4, -0.2) is 59.6 Å². The first-order valence-electron chi connectivity index (χ1n) is 9.05. The van der Waals surface area contributed by atoms with E-state index in [4.69, 9.17) is 9.47 Å². The highest BCUT2D eigenvalue weighted by Crippen LogP contribution is 2.19. The minimum atomic E-state index is -0.996. The Hall–Kier alpha value is -0.460. The van der Waals surface area contributed by atoms with Gasteiger partial charge in [0.25, 0.3) is 0 Å². The molecule has 0 aliphatic carbocycles. The number of hydrogen-bond donors (Lipinski definition) is 3. The number of hydrogen-bond acceptors (Lipinski definition) is 5.